The van der Waals surface area contributed by atoms with Gasteiger partial charge in [-0.25, -0.2) is 17.9 Å². The van der Waals surface area contributed by atoms with Crippen molar-refractivity contribution in [2.45, 2.75) is 37.5 Å². The largest absolute Gasteiger partial charge is 0.478 e. The molecule has 6 heteroatoms. The molecular weight excluding hydrogens is 266 g/mol. The van der Waals surface area contributed by atoms with Gasteiger partial charge in [0.05, 0.1) is 11.3 Å². The van der Waals surface area contributed by atoms with Crippen molar-refractivity contribution in [3.63, 3.8) is 0 Å². The molecule has 1 aliphatic rings. The van der Waals surface area contributed by atoms with Crippen molar-refractivity contribution in [2.24, 2.45) is 0 Å². The Kier molecular flexibility index (Phi) is 3.64. The summed E-state index contributed by atoms with van der Waals surface area (Å²) in [6.07, 6.45) is 2.78. The molecule has 1 fully saturated rings. The lowest BCUT2D eigenvalue weighted by Gasteiger charge is -2.38. The highest BCUT2D eigenvalue weighted by molar-refractivity contribution is 7.88. The summed E-state index contributed by atoms with van der Waals surface area (Å²) in [4.78, 5) is 10.7. The van der Waals surface area contributed by atoms with Crippen molar-refractivity contribution < 1.29 is 18.3 Å². The first-order valence-corrected chi connectivity index (χ1v) is 7.79. The van der Waals surface area contributed by atoms with E-state index in [1.807, 2.05) is 6.92 Å². The molecule has 0 aromatic heterocycles. The van der Waals surface area contributed by atoms with Crippen molar-refractivity contribution in [3.8, 4) is 0 Å². The fraction of sp³-hybridized carbons (Fsp3) is 0.462. The maximum atomic E-state index is 12.0. The van der Waals surface area contributed by atoms with Crippen molar-refractivity contribution >= 4 is 16.0 Å². The first kappa shape index (κ1) is 14.0. The lowest BCUT2D eigenvalue weighted by atomic mass is 9.80. The molecule has 1 saturated carbocycles. The molecule has 0 heterocycles. The Morgan fingerprint density at radius 2 is 1.89 bits per heavy atom. The highest BCUT2D eigenvalue weighted by atomic mass is 32.2. The first-order valence-electron chi connectivity index (χ1n) is 6.14. The number of hydrogen-bond acceptors (Lipinski definition) is 3. The number of carboxylic acids is 1. The maximum absolute atomic E-state index is 12.0. The monoisotopic (exact) mass is 283 g/mol. The Hall–Kier alpha value is -1.40. The van der Waals surface area contributed by atoms with Crippen molar-refractivity contribution in [1.82, 2.24) is 4.72 Å². The third-order valence-electron chi connectivity index (χ3n) is 3.42. The molecule has 0 aliphatic heterocycles. The fourth-order valence-electron chi connectivity index (χ4n) is 2.18. The third-order valence-corrected chi connectivity index (χ3v) is 4.93. The fourth-order valence-corrected chi connectivity index (χ4v) is 3.84. The van der Waals surface area contributed by atoms with Crippen molar-refractivity contribution in [1.29, 1.82) is 0 Å². The molecule has 0 atom stereocenters. The van der Waals surface area contributed by atoms with Gasteiger partial charge < -0.3 is 5.11 Å². The third kappa shape index (κ3) is 3.54. The molecule has 5 nitrogen and oxygen atoms in total. The molecule has 0 radical (unpaired) electrons. The molecule has 1 aliphatic carbocycles. The Morgan fingerprint density at radius 1 is 1.32 bits per heavy atom. The molecule has 19 heavy (non-hydrogen) atoms. The predicted octanol–water partition coefficient (Wildman–Crippen LogP) is 1.75. The molecule has 104 valence electrons. The highest BCUT2D eigenvalue weighted by Gasteiger charge is 2.35. The lowest BCUT2D eigenvalue weighted by molar-refractivity contribution is 0.0697. The summed E-state index contributed by atoms with van der Waals surface area (Å²) in [5.41, 5.74) is 0.431. The maximum Gasteiger partial charge on any atom is 0.335 e. The number of hydrogen-bond donors (Lipinski definition) is 2. The van der Waals surface area contributed by atoms with E-state index in [1.54, 1.807) is 0 Å². The molecule has 0 bridgehead atoms. The van der Waals surface area contributed by atoms with E-state index in [1.165, 1.54) is 24.3 Å². The van der Waals surface area contributed by atoms with Gasteiger partial charge >= 0.3 is 5.97 Å². The zero-order valence-electron chi connectivity index (χ0n) is 10.7. The minimum atomic E-state index is -3.38. The summed E-state index contributed by atoms with van der Waals surface area (Å²) < 4.78 is 26.7. The van der Waals surface area contributed by atoms with E-state index < -0.39 is 16.0 Å². The van der Waals surface area contributed by atoms with E-state index in [2.05, 4.69) is 4.72 Å². The zero-order valence-corrected chi connectivity index (χ0v) is 11.5. The summed E-state index contributed by atoms with van der Waals surface area (Å²) in [6.45, 7) is 1.90. The van der Waals surface area contributed by atoms with Gasteiger partial charge in [0, 0.05) is 5.54 Å². The number of rotatable bonds is 5. The van der Waals surface area contributed by atoms with Gasteiger partial charge in [-0.15, -0.1) is 0 Å². The Morgan fingerprint density at radius 3 is 2.32 bits per heavy atom. The van der Waals surface area contributed by atoms with Crippen LogP contribution < -0.4 is 4.72 Å². The summed E-state index contributed by atoms with van der Waals surface area (Å²) in [5.74, 6) is -1.14. The van der Waals surface area contributed by atoms with E-state index in [9.17, 15) is 13.2 Å². The van der Waals surface area contributed by atoms with Gasteiger partial charge in [0.25, 0.3) is 0 Å². The van der Waals surface area contributed by atoms with Gasteiger partial charge in [-0.1, -0.05) is 12.1 Å². The van der Waals surface area contributed by atoms with Gasteiger partial charge in [0.1, 0.15) is 0 Å². The van der Waals surface area contributed by atoms with E-state index >= 15 is 0 Å². The van der Waals surface area contributed by atoms with E-state index in [0.29, 0.717) is 5.56 Å². The normalized spacial score (nSPS) is 17.7. The van der Waals surface area contributed by atoms with Crippen LogP contribution in [-0.4, -0.2) is 25.0 Å². The van der Waals surface area contributed by atoms with Gasteiger partial charge in [-0.2, -0.15) is 0 Å². The van der Waals surface area contributed by atoms with Crippen LogP contribution in [0.4, 0.5) is 0 Å². The molecule has 1 aromatic rings. The Bertz CT molecular complexity index is 573. The van der Waals surface area contributed by atoms with Crippen LogP contribution in [0.3, 0.4) is 0 Å². The van der Waals surface area contributed by atoms with Crippen LogP contribution in [0.5, 0.6) is 0 Å². The van der Waals surface area contributed by atoms with Crippen LogP contribution in [0.15, 0.2) is 24.3 Å². The van der Waals surface area contributed by atoms with Gasteiger partial charge in [-0.3, -0.25) is 0 Å². The molecule has 0 saturated heterocycles. The van der Waals surface area contributed by atoms with Crippen molar-refractivity contribution in [2.75, 3.05) is 0 Å². The zero-order chi connectivity index (χ0) is 14.1. The summed E-state index contributed by atoms with van der Waals surface area (Å²) in [7, 11) is -3.38. The molecule has 0 amide bonds. The molecule has 1 aromatic carbocycles. The summed E-state index contributed by atoms with van der Waals surface area (Å²) in [6, 6.07) is 5.90. The van der Waals surface area contributed by atoms with E-state index in [4.69, 9.17) is 5.11 Å². The van der Waals surface area contributed by atoms with Crippen LogP contribution in [-0.2, 0) is 15.8 Å². The lowest BCUT2D eigenvalue weighted by Crippen LogP contribution is -2.51. The minimum absolute atomic E-state index is 0.123. The first-order chi connectivity index (χ1) is 8.80. The number of aromatic carboxylic acids is 1. The second-order valence-corrected chi connectivity index (χ2v) is 7.00. The van der Waals surface area contributed by atoms with E-state index in [-0.39, 0.29) is 16.9 Å². The molecular formula is C13H17NO4S. The molecule has 2 rings (SSSR count). The SMILES string of the molecule is CC1(NS(=O)(=O)Cc2ccc(C(=O)O)cc2)CCC1. The van der Waals surface area contributed by atoms with Crippen molar-refractivity contribution in [3.05, 3.63) is 35.4 Å². The topological polar surface area (TPSA) is 83.5 Å². The summed E-state index contributed by atoms with van der Waals surface area (Å²) in [5, 5.41) is 8.77. The smallest absolute Gasteiger partial charge is 0.335 e. The highest BCUT2D eigenvalue weighted by Crippen LogP contribution is 2.31. The number of carbonyl (C=O) groups is 1. The van der Waals surface area contributed by atoms with Crippen LogP contribution in [0.25, 0.3) is 0 Å². The van der Waals surface area contributed by atoms with Crippen LogP contribution >= 0.6 is 0 Å². The minimum Gasteiger partial charge on any atom is -0.478 e. The van der Waals surface area contributed by atoms with Gasteiger partial charge in [-0.05, 0) is 43.9 Å². The van der Waals surface area contributed by atoms with Gasteiger partial charge in [0.2, 0.25) is 10.0 Å². The standard InChI is InChI=1S/C13H17NO4S/c1-13(7-2-8-13)14-19(17,18)9-10-3-5-11(6-4-10)12(15)16/h3-6,14H,2,7-9H2,1H3,(H,15,16). The van der Waals surface area contributed by atoms with Crippen LogP contribution in [0.2, 0.25) is 0 Å². The summed E-state index contributed by atoms with van der Waals surface area (Å²) >= 11 is 0. The van der Waals surface area contributed by atoms with Gasteiger partial charge in [0.15, 0.2) is 0 Å². The molecule has 2 N–H and O–H groups in total. The average molecular weight is 283 g/mol. The number of sulfonamides is 1. The predicted molar refractivity (Wildman–Crippen MR) is 71.4 cm³/mol. The Balaban J connectivity index is 2.05. The average Bonchev–Trinajstić information content (AvgIpc) is 2.26. The van der Waals surface area contributed by atoms with Crippen LogP contribution in [0.1, 0.15) is 42.1 Å². The Labute approximate surface area is 112 Å². The number of carboxylic acid groups (broad SMARTS) is 1. The molecule has 0 spiro atoms. The second kappa shape index (κ2) is 4.94. The second-order valence-electron chi connectivity index (χ2n) is 5.28. The molecule has 0 unspecified atom stereocenters. The number of benzene rings is 1. The number of nitrogens with one attached hydrogen (secondary N) is 1. The van der Waals surface area contributed by atoms with Crippen LogP contribution in [0, 0.1) is 0 Å². The quantitative estimate of drug-likeness (QED) is 0.862. The van der Waals surface area contributed by atoms with E-state index in [0.717, 1.165) is 19.3 Å².